The van der Waals surface area contributed by atoms with Gasteiger partial charge in [-0.05, 0) is 30.7 Å². The van der Waals surface area contributed by atoms with Gasteiger partial charge in [0.1, 0.15) is 0 Å². The smallest absolute Gasteiger partial charge is 0.258 e. The Morgan fingerprint density at radius 3 is 2.16 bits per heavy atom. The molecule has 4 rings (SSSR count). The second-order valence-electron chi connectivity index (χ2n) is 7.67. The number of benzene rings is 3. The molecule has 0 aliphatic carbocycles. The van der Waals surface area contributed by atoms with Crippen molar-refractivity contribution in [1.82, 2.24) is 0 Å². The summed E-state index contributed by atoms with van der Waals surface area (Å²) in [4.78, 5) is 28.4. The van der Waals surface area contributed by atoms with E-state index < -0.39 is 0 Å². The lowest BCUT2D eigenvalue weighted by Gasteiger charge is -2.39. The second kappa shape index (κ2) is 9.43. The minimum Gasteiger partial charge on any atom is -0.355 e. The van der Waals surface area contributed by atoms with E-state index in [1.165, 1.54) is 0 Å². The predicted octanol–water partition coefficient (Wildman–Crippen LogP) is 6.08. The number of fused-ring (bicyclic) bond motifs is 1. The summed E-state index contributed by atoms with van der Waals surface area (Å²) in [5.41, 5.74) is 3.68. The first-order valence-corrected chi connectivity index (χ1v) is 10.7. The van der Waals surface area contributed by atoms with Crippen molar-refractivity contribution in [2.45, 2.75) is 32.2 Å². The maximum Gasteiger partial charge on any atom is 0.258 e. The number of rotatable bonds is 6. The zero-order chi connectivity index (χ0) is 21.6. The van der Waals surface area contributed by atoms with Crippen LogP contribution in [0.3, 0.4) is 0 Å². The summed E-state index contributed by atoms with van der Waals surface area (Å²) in [6.07, 6.45) is 4.37. The first-order valence-electron chi connectivity index (χ1n) is 10.7. The van der Waals surface area contributed by atoms with Crippen LogP contribution in [-0.4, -0.2) is 17.7 Å². The van der Waals surface area contributed by atoms with Gasteiger partial charge in [-0.3, -0.25) is 14.5 Å². The van der Waals surface area contributed by atoms with E-state index in [1.54, 1.807) is 6.08 Å². The molecule has 0 aromatic heterocycles. The summed E-state index contributed by atoms with van der Waals surface area (Å²) in [7, 11) is 0. The fourth-order valence-electron chi connectivity index (χ4n) is 3.95. The lowest BCUT2D eigenvalue weighted by Crippen LogP contribution is -2.46. The molecule has 0 spiro atoms. The molecule has 31 heavy (non-hydrogen) atoms. The molecular weight excluding hydrogens is 384 g/mol. The Kier molecular flexibility index (Phi) is 6.27. The van der Waals surface area contributed by atoms with E-state index in [-0.39, 0.29) is 17.7 Å². The van der Waals surface area contributed by atoms with E-state index >= 15 is 0 Å². The molecule has 1 N–H and O–H groups in total. The van der Waals surface area contributed by atoms with Crippen molar-refractivity contribution in [3.63, 3.8) is 0 Å². The topological polar surface area (TPSA) is 49.4 Å². The van der Waals surface area contributed by atoms with Crippen molar-refractivity contribution in [3.8, 4) is 0 Å². The van der Waals surface area contributed by atoms with E-state index in [4.69, 9.17) is 0 Å². The molecule has 156 valence electrons. The number of para-hydroxylation sites is 2. The SMILES string of the molecule is CCCCC1/C(=C\C(=O)c2ccccc2)Nc2ccccc2N1C(=O)c1ccccc1. The minimum atomic E-state index is -0.241. The van der Waals surface area contributed by atoms with Crippen LogP contribution >= 0.6 is 0 Å². The van der Waals surface area contributed by atoms with E-state index in [2.05, 4.69) is 12.2 Å². The summed E-state index contributed by atoms with van der Waals surface area (Å²) in [6, 6.07) is 26.1. The summed E-state index contributed by atoms with van der Waals surface area (Å²) < 4.78 is 0. The molecule has 0 saturated carbocycles. The van der Waals surface area contributed by atoms with Crippen LogP contribution in [0, 0.1) is 0 Å². The van der Waals surface area contributed by atoms with Crippen LogP contribution in [-0.2, 0) is 0 Å². The van der Waals surface area contributed by atoms with Crippen molar-refractivity contribution in [2.24, 2.45) is 0 Å². The number of hydrogen-bond acceptors (Lipinski definition) is 3. The number of allylic oxidation sites excluding steroid dienone is 1. The number of carbonyl (C=O) groups excluding carboxylic acids is 2. The van der Waals surface area contributed by atoms with Gasteiger partial charge in [0.2, 0.25) is 0 Å². The molecule has 4 heteroatoms. The van der Waals surface area contributed by atoms with Gasteiger partial charge < -0.3 is 5.32 Å². The quantitative estimate of drug-likeness (QED) is 0.395. The molecule has 1 aliphatic rings. The summed E-state index contributed by atoms with van der Waals surface area (Å²) in [5, 5.41) is 3.44. The molecule has 0 saturated heterocycles. The van der Waals surface area contributed by atoms with Crippen LogP contribution in [0.4, 0.5) is 11.4 Å². The Hall–Kier alpha value is -3.66. The third kappa shape index (κ3) is 4.43. The van der Waals surface area contributed by atoms with Crippen molar-refractivity contribution in [2.75, 3.05) is 10.2 Å². The molecule has 0 fully saturated rings. The average molecular weight is 411 g/mol. The highest BCUT2D eigenvalue weighted by Gasteiger charge is 2.34. The Balaban J connectivity index is 1.80. The van der Waals surface area contributed by atoms with E-state index in [1.807, 2.05) is 89.8 Å². The number of nitrogens with one attached hydrogen (secondary N) is 1. The largest absolute Gasteiger partial charge is 0.355 e. The van der Waals surface area contributed by atoms with Gasteiger partial charge in [-0.1, -0.05) is 80.4 Å². The van der Waals surface area contributed by atoms with E-state index in [0.717, 1.165) is 36.3 Å². The van der Waals surface area contributed by atoms with Crippen LogP contribution in [0.15, 0.2) is 96.7 Å². The molecular formula is C27H26N2O2. The van der Waals surface area contributed by atoms with Gasteiger partial charge in [0.05, 0.1) is 17.4 Å². The van der Waals surface area contributed by atoms with Crippen molar-refractivity contribution in [3.05, 3.63) is 108 Å². The standard InChI is InChI=1S/C27H26N2O2/c1-2-3-17-25-23(19-26(30)20-12-6-4-7-13-20)28-22-16-10-11-18-24(22)29(25)27(31)21-14-8-5-9-15-21/h4-16,18-19,25,28H,2-3,17H2,1H3/b23-19+. The zero-order valence-corrected chi connectivity index (χ0v) is 17.6. The van der Waals surface area contributed by atoms with Gasteiger partial charge in [-0.15, -0.1) is 0 Å². The Labute approximate surface area is 183 Å². The maximum atomic E-state index is 13.6. The number of amides is 1. The van der Waals surface area contributed by atoms with Crippen LogP contribution in [0.2, 0.25) is 0 Å². The zero-order valence-electron chi connectivity index (χ0n) is 17.6. The molecule has 1 heterocycles. The highest BCUT2D eigenvalue weighted by molar-refractivity contribution is 6.10. The van der Waals surface area contributed by atoms with Crippen LogP contribution in [0.1, 0.15) is 46.9 Å². The van der Waals surface area contributed by atoms with Gasteiger partial charge >= 0.3 is 0 Å². The Bertz CT molecular complexity index is 1090. The second-order valence-corrected chi connectivity index (χ2v) is 7.67. The lowest BCUT2D eigenvalue weighted by molar-refractivity contribution is 0.0975. The predicted molar refractivity (Wildman–Crippen MR) is 125 cm³/mol. The van der Waals surface area contributed by atoms with Crippen molar-refractivity contribution >= 4 is 23.1 Å². The minimum absolute atomic E-state index is 0.0614. The fourth-order valence-corrected chi connectivity index (χ4v) is 3.95. The molecule has 0 bridgehead atoms. The molecule has 1 unspecified atom stereocenters. The van der Waals surface area contributed by atoms with E-state index in [9.17, 15) is 9.59 Å². The number of hydrogen-bond donors (Lipinski definition) is 1. The molecule has 1 aliphatic heterocycles. The van der Waals surface area contributed by atoms with Gasteiger partial charge in [0.15, 0.2) is 5.78 Å². The third-order valence-electron chi connectivity index (χ3n) is 5.53. The number of anilines is 2. The molecule has 4 nitrogen and oxygen atoms in total. The molecule has 3 aromatic rings. The van der Waals surface area contributed by atoms with Gasteiger partial charge in [0.25, 0.3) is 5.91 Å². The highest BCUT2D eigenvalue weighted by Crippen LogP contribution is 2.38. The summed E-state index contributed by atoms with van der Waals surface area (Å²) in [6.45, 7) is 2.13. The Morgan fingerprint density at radius 2 is 1.48 bits per heavy atom. The van der Waals surface area contributed by atoms with E-state index in [0.29, 0.717) is 11.1 Å². The average Bonchev–Trinajstić information content (AvgIpc) is 2.83. The first-order chi connectivity index (χ1) is 15.2. The lowest BCUT2D eigenvalue weighted by atomic mass is 9.96. The third-order valence-corrected chi connectivity index (χ3v) is 5.53. The number of ketones is 1. The first kappa shape index (κ1) is 20.6. The van der Waals surface area contributed by atoms with Crippen LogP contribution in [0.25, 0.3) is 0 Å². The normalized spacial score (nSPS) is 16.5. The summed E-state index contributed by atoms with van der Waals surface area (Å²) >= 11 is 0. The Morgan fingerprint density at radius 1 is 0.871 bits per heavy atom. The number of unbranched alkanes of at least 4 members (excludes halogenated alkanes) is 1. The van der Waals surface area contributed by atoms with Crippen LogP contribution < -0.4 is 10.2 Å². The number of carbonyl (C=O) groups is 2. The maximum absolute atomic E-state index is 13.6. The van der Waals surface area contributed by atoms with Gasteiger partial charge in [-0.25, -0.2) is 0 Å². The van der Waals surface area contributed by atoms with Gasteiger partial charge in [-0.2, -0.15) is 0 Å². The fraction of sp³-hybridized carbons (Fsp3) is 0.185. The van der Waals surface area contributed by atoms with Crippen molar-refractivity contribution < 1.29 is 9.59 Å². The molecule has 1 amide bonds. The van der Waals surface area contributed by atoms with Crippen LogP contribution in [0.5, 0.6) is 0 Å². The monoisotopic (exact) mass is 410 g/mol. The molecule has 0 radical (unpaired) electrons. The van der Waals surface area contributed by atoms with Crippen molar-refractivity contribution in [1.29, 1.82) is 0 Å². The highest BCUT2D eigenvalue weighted by atomic mass is 16.2. The summed E-state index contributed by atoms with van der Waals surface area (Å²) in [5.74, 6) is -0.134. The number of nitrogens with zero attached hydrogens (tertiary/aromatic N) is 1. The molecule has 1 atom stereocenters. The van der Waals surface area contributed by atoms with Gasteiger partial charge in [0, 0.05) is 22.9 Å². The molecule has 3 aromatic carbocycles.